The fourth-order valence-corrected chi connectivity index (χ4v) is 11.7. The highest BCUT2D eigenvalue weighted by molar-refractivity contribution is 7.36. The van der Waals surface area contributed by atoms with Crippen LogP contribution in [0.4, 0.5) is 0 Å². The first-order valence-electron chi connectivity index (χ1n) is 5.62. The zero-order chi connectivity index (χ0) is 11.0. The van der Waals surface area contributed by atoms with E-state index < -0.39 is 15.7 Å². The maximum atomic E-state index is 6.22. The molecule has 0 aromatic heterocycles. The minimum absolute atomic E-state index is 0.357. The van der Waals surface area contributed by atoms with Crippen molar-refractivity contribution in [3.8, 4) is 0 Å². The molecule has 1 aliphatic rings. The summed E-state index contributed by atoms with van der Waals surface area (Å²) in [7, 11) is -3.11. The topological polar surface area (TPSA) is 18.5 Å². The van der Waals surface area contributed by atoms with Gasteiger partial charge in [-0.25, -0.2) is 0 Å². The molecule has 4 heteroatoms. The Labute approximate surface area is 90.0 Å². The molecule has 2 unspecified atom stereocenters. The molecule has 2 nitrogen and oxygen atoms in total. The summed E-state index contributed by atoms with van der Waals surface area (Å²) in [6.07, 6.45) is 2.00. The fraction of sp³-hybridized carbons (Fsp3) is 1.00. The Bertz CT molecular complexity index is 206. The Hall–Kier alpha value is 0.354. The van der Waals surface area contributed by atoms with Crippen LogP contribution in [0.5, 0.6) is 0 Å². The van der Waals surface area contributed by atoms with E-state index in [2.05, 4.69) is 40.4 Å². The van der Waals surface area contributed by atoms with Gasteiger partial charge in [-0.05, 0) is 52.9 Å². The van der Waals surface area contributed by atoms with Crippen molar-refractivity contribution in [1.82, 2.24) is 0 Å². The Morgan fingerprint density at radius 2 is 1.86 bits per heavy atom. The van der Waals surface area contributed by atoms with Gasteiger partial charge in [-0.2, -0.15) is 0 Å². The standard InChI is InChI=1S/C10H24O2Si2/c1-9(2)11-14(6)8-7-10(3)12-13(14,4)5/h9-10H,7-8H2,1-6H3. The number of hydrogen-bond acceptors (Lipinski definition) is 2. The minimum Gasteiger partial charge on any atom is -0.415 e. The first-order chi connectivity index (χ1) is 6.27. The molecule has 1 heterocycles. The van der Waals surface area contributed by atoms with Gasteiger partial charge in [0.2, 0.25) is 15.7 Å². The molecular weight excluding hydrogens is 208 g/mol. The second-order valence-corrected chi connectivity index (χ2v) is 18.6. The van der Waals surface area contributed by atoms with Gasteiger partial charge in [0.1, 0.15) is 0 Å². The largest absolute Gasteiger partial charge is 0.415 e. The number of hydrogen-bond donors (Lipinski definition) is 0. The van der Waals surface area contributed by atoms with Gasteiger partial charge in [0, 0.05) is 12.2 Å². The van der Waals surface area contributed by atoms with E-state index >= 15 is 0 Å². The maximum absolute atomic E-state index is 6.22. The molecule has 0 saturated carbocycles. The summed E-state index contributed by atoms with van der Waals surface area (Å²) in [4.78, 5) is 0. The normalized spacial score (nSPS) is 37.5. The second-order valence-electron chi connectivity index (χ2n) is 5.37. The van der Waals surface area contributed by atoms with Gasteiger partial charge in [-0.1, -0.05) is 0 Å². The molecule has 0 amide bonds. The zero-order valence-corrected chi connectivity index (χ0v) is 12.4. The Morgan fingerprint density at radius 1 is 1.29 bits per heavy atom. The minimum atomic E-state index is -1.55. The monoisotopic (exact) mass is 232 g/mol. The Balaban J connectivity index is 2.76. The van der Waals surface area contributed by atoms with Crippen LogP contribution in [-0.2, 0) is 8.85 Å². The second kappa shape index (κ2) is 4.08. The molecule has 1 fully saturated rings. The molecule has 84 valence electrons. The van der Waals surface area contributed by atoms with Crippen molar-refractivity contribution in [2.75, 3.05) is 0 Å². The molecule has 0 radical (unpaired) electrons. The van der Waals surface area contributed by atoms with Gasteiger partial charge in [-0.15, -0.1) is 0 Å². The molecule has 0 bridgehead atoms. The van der Waals surface area contributed by atoms with E-state index in [0.29, 0.717) is 12.2 Å². The highest BCUT2D eigenvalue weighted by atomic mass is 29.3. The molecule has 0 aliphatic carbocycles. The highest BCUT2D eigenvalue weighted by Gasteiger charge is 2.52. The highest BCUT2D eigenvalue weighted by Crippen LogP contribution is 2.34. The molecule has 0 aromatic rings. The van der Waals surface area contributed by atoms with Crippen molar-refractivity contribution in [3.05, 3.63) is 0 Å². The summed E-state index contributed by atoms with van der Waals surface area (Å²) < 4.78 is 12.4. The van der Waals surface area contributed by atoms with Gasteiger partial charge < -0.3 is 8.85 Å². The number of rotatable bonds is 2. The molecule has 0 spiro atoms. The first kappa shape index (κ1) is 12.4. The van der Waals surface area contributed by atoms with Crippen molar-refractivity contribution in [3.63, 3.8) is 0 Å². The molecule has 1 saturated heterocycles. The predicted octanol–water partition coefficient (Wildman–Crippen LogP) is 3.08. The third-order valence-electron chi connectivity index (χ3n) is 3.29. The van der Waals surface area contributed by atoms with Crippen molar-refractivity contribution < 1.29 is 8.85 Å². The van der Waals surface area contributed by atoms with Gasteiger partial charge >= 0.3 is 0 Å². The molecule has 1 aliphatic heterocycles. The summed E-state index contributed by atoms with van der Waals surface area (Å²) in [6.45, 7) is 13.5. The molecule has 0 aromatic carbocycles. The van der Waals surface area contributed by atoms with E-state index in [9.17, 15) is 0 Å². The lowest BCUT2D eigenvalue weighted by Gasteiger charge is -2.46. The fourth-order valence-electron chi connectivity index (χ4n) is 2.19. The summed E-state index contributed by atoms with van der Waals surface area (Å²) in [5, 5.41) is 0. The van der Waals surface area contributed by atoms with Crippen LogP contribution in [0.2, 0.25) is 25.7 Å². The van der Waals surface area contributed by atoms with E-state index in [1.54, 1.807) is 0 Å². The van der Waals surface area contributed by atoms with Crippen LogP contribution in [0.3, 0.4) is 0 Å². The van der Waals surface area contributed by atoms with E-state index in [0.717, 1.165) is 0 Å². The molecular formula is C10H24O2Si2. The van der Waals surface area contributed by atoms with Crippen molar-refractivity contribution in [2.24, 2.45) is 0 Å². The summed E-state index contributed by atoms with van der Waals surface area (Å²) in [5.41, 5.74) is 0. The van der Waals surface area contributed by atoms with Gasteiger partial charge in [0.05, 0.1) is 0 Å². The summed E-state index contributed by atoms with van der Waals surface area (Å²) in [5.74, 6) is 0. The van der Waals surface area contributed by atoms with Crippen molar-refractivity contribution in [1.29, 1.82) is 0 Å². The van der Waals surface area contributed by atoms with Crippen LogP contribution in [0, 0.1) is 0 Å². The third kappa shape index (κ3) is 2.48. The van der Waals surface area contributed by atoms with Gasteiger partial charge in [0.25, 0.3) is 0 Å². The van der Waals surface area contributed by atoms with E-state index in [4.69, 9.17) is 8.85 Å². The molecule has 1 rings (SSSR count). The quantitative estimate of drug-likeness (QED) is 0.681. The van der Waals surface area contributed by atoms with E-state index in [1.807, 2.05) is 0 Å². The lowest BCUT2D eigenvalue weighted by molar-refractivity contribution is 0.174. The van der Waals surface area contributed by atoms with Gasteiger partial charge in [-0.3, -0.25) is 0 Å². The average Bonchev–Trinajstić information content (AvgIpc) is 1.96. The van der Waals surface area contributed by atoms with Crippen molar-refractivity contribution in [2.45, 2.75) is 65.1 Å². The smallest absolute Gasteiger partial charge is 0.208 e. The lowest BCUT2D eigenvalue weighted by atomic mass is 10.3. The van der Waals surface area contributed by atoms with Gasteiger partial charge in [0.15, 0.2) is 0 Å². The zero-order valence-electron chi connectivity index (χ0n) is 10.4. The SMILES string of the molecule is CC(C)O[Si]1(C)CCC(C)O[Si]1(C)C. The average molecular weight is 232 g/mol. The van der Waals surface area contributed by atoms with Crippen LogP contribution < -0.4 is 0 Å². The van der Waals surface area contributed by atoms with Crippen LogP contribution in [0.25, 0.3) is 0 Å². The summed E-state index contributed by atoms with van der Waals surface area (Å²) >= 11 is 0. The van der Waals surface area contributed by atoms with Crippen LogP contribution in [0.15, 0.2) is 0 Å². The predicted molar refractivity (Wildman–Crippen MR) is 65.3 cm³/mol. The maximum Gasteiger partial charge on any atom is 0.208 e. The summed E-state index contributed by atoms with van der Waals surface area (Å²) in [6, 6.07) is 1.28. The van der Waals surface area contributed by atoms with E-state index in [-0.39, 0.29) is 0 Å². The van der Waals surface area contributed by atoms with E-state index in [1.165, 1.54) is 12.5 Å². The molecule has 0 N–H and O–H groups in total. The van der Waals surface area contributed by atoms with Crippen molar-refractivity contribution >= 4 is 15.7 Å². The Kier molecular flexibility index (Phi) is 3.62. The Morgan fingerprint density at radius 3 is 2.29 bits per heavy atom. The van der Waals surface area contributed by atoms with Crippen LogP contribution in [0.1, 0.15) is 27.2 Å². The lowest BCUT2D eigenvalue weighted by Crippen LogP contribution is -2.65. The van der Waals surface area contributed by atoms with Crippen LogP contribution >= 0.6 is 0 Å². The third-order valence-corrected chi connectivity index (χ3v) is 18.2. The van der Waals surface area contributed by atoms with Crippen LogP contribution in [-0.4, -0.2) is 27.9 Å². The molecule has 2 atom stereocenters. The first-order valence-corrected chi connectivity index (χ1v) is 12.1. The molecule has 14 heavy (non-hydrogen) atoms.